The zero-order valence-electron chi connectivity index (χ0n) is 13.4. The van der Waals surface area contributed by atoms with E-state index in [-0.39, 0.29) is 0 Å². The highest BCUT2D eigenvalue weighted by atomic mass is 79.9. The third-order valence-electron chi connectivity index (χ3n) is 5.10. The van der Waals surface area contributed by atoms with E-state index in [2.05, 4.69) is 74.9 Å². The number of likely N-dealkylation sites (tertiary alicyclic amines) is 1. The van der Waals surface area contributed by atoms with Gasteiger partial charge in [-0.2, -0.15) is 0 Å². The van der Waals surface area contributed by atoms with Crippen molar-refractivity contribution >= 4 is 31.9 Å². The van der Waals surface area contributed by atoms with Crippen LogP contribution in [0.5, 0.6) is 5.75 Å². The molecule has 1 aromatic rings. The molecule has 0 aromatic heterocycles. The molecule has 0 amide bonds. The summed E-state index contributed by atoms with van der Waals surface area (Å²) in [7, 11) is 6.64. The van der Waals surface area contributed by atoms with E-state index in [1.807, 2.05) is 6.07 Å². The lowest BCUT2D eigenvalue weighted by Crippen LogP contribution is -2.60. The van der Waals surface area contributed by atoms with E-state index in [1.54, 1.807) is 0 Å². The van der Waals surface area contributed by atoms with Crippen molar-refractivity contribution < 1.29 is 4.74 Å². The van der Waals surface area contributed by atoms with E-state index in [9.17, 15) is 0 Å². The van der Waals surface area contributed by atoms with Gasteiger partial charge in [0.25, 0.3) is 0 Å². The van der Waals surface area contributed by atoms with Crippen molar-refractivity contribution in [3.63, 3.8) is 0 Å². The minimum Gasteiger partial charge on any atom is -0.489 e. The van der Waals surface area contributed by atoms with Crippen LogP contribution in [-0.4, -0.2) is 56.2 Å². The average Bonchev–Trinajstić information content (AvgIpc) is 2.42. The Bertz CT molecular complexity index is 537. The second-order valence-corrected chi connectivity index (χ2v) is 8.68. The van der Waals surface area contributed by atoms with E-state index in [0.29, 0.717) is 24.0 Å². The van der Waals surface area contributed by atoms with Crippen molar-refractivity contribution in [1.29, 1.82) is 0 Å². The van der Waals surface area contributed by atoms with Gasteiger partial charge in [-0.15, -0.1) is 0 Å². The summed E-state index contributed by atoms with van der Waals surface area (Å²) in [6, 6.07) is 6.78. The molecule has 4 atom stereocenters. The average molecular weight is 432 g/mol. The fourth-order valence-corrected chi connectivity index (χ4v) is 5.27. The van der Waals surface area contributed by atoms with Crippen LogP contribution in [0.15, 0.2) is 27.1 Å². The predicted octanol–water partition coefficient (Wildman–Crippen LogP) is 3.86. The summed E-state index contributed by atoms with van der Waals surface area (Å²) in [4.78, 5) is 4.86. The number of nitrogens with zero attached hydrogens (tertiary/aromatic N) is 2. The van der Waals surface area contributed by atoms with Crippen LogP contribution in [0.3, 0.4) is 0 Å². The van der Waals surface area contributed by atoms with E-state index in [4.69, 9.17) is 4.74 Å². The van der Waals surface area contributed by atoms with Crippen molar-refractivity contribution in [3.8, 4) is 5.75 Å². The molecule has 22 heavy (non-hydrogen) atoms. The topological polar surface area (TPSA) is 15.7 Å². The normalized spacial score (nSPS) is 32.3. The van der Waals surface area contributed by atoms with Crippen LogP contribution in [0, 0.1) is 11.8 Å². The maximum absolute atomic E-state index is 6.52. The molecule has 1 aliphatic carbocycles. The first-order valence-corrected chi connectivity index (χ1v) is 9.51. The molecule has 2 bridgehead atoms. The summed E-state index contributed by atoms with van der Waals surface area (Å²) in [5.41, 5.74) is 0. The molecule has 5 heteroatoms. The Hall–Kier alpha value is -0.100. The Morgan fingerprint density at radius 1 is 1.18 bits per heavy atom. The van der Waals surface area contributed by atoms with Gasteiger partial charge in [-0.1, -0.05) is 15.9 Å². The van der Waals surface area contributed by atoms with Gasteiger partial charge < -0.3 is 14.5 Å². The maximum Gasteiger partial charge on any atom is 0.134 e. The lowest BCUT2D eigenvalue weighted by molar-refractivity contribution is -0.0625. The molecule has 122 valence electrons. The van der Waals surface area contributed by atoms with Crippen LogP contribution in [-0.2, 0) is 0 Å². The highest BCUT2D eigenvalue weighted by Gasteiger charge is 2.45. The molecule has 1 aliphatic heterocycles. The largest absolute Gasteiger partial charge is 0.489 e. The van der Waals surface area contributed by atoms with Gasteiger partial charge in [0.2, 0.25) is 0 Å². The predicted molar refractivity (Wildman–Crippen MR) is 97.4 cm³/mol. The fraction of sp³-hybridized carbons (Fsp3) is 0.647. The number of rotatable bonds is 3. The van der Waals surface area contributed by atoms with Gasteiger partial charge in [-0.25, -0.2) is 0 Å². The van der Waals surface area contributed by atoms with Gasteiger partial charge in [0.05, 0.1) is 4.47 Å². The quantitative estimate of drug-likeness (QED) is 0.722. The number of ether oxygens (including phenoxy) is 1. The highest BCUT2D eigenvalue weighted by Crippen LogP contribution is 2.40. The van der Waals surface area contributed by atoms with Crippen molar-refractivity contribution in [3.05, 3.63) is 27.1 Å². The Morgan fingerprint density at radius 3 is 2.64 bits per heavy atom. The number of halogens is 2. The minimum atomic E-state index is 0.315. The van der Waals surface area contributed by atoms with Crippen LogP contribution in [0.2, 0.25) is 0 Å². The molecule has 2 aliphatic rings. The highest BCUT2D eigenvalue weighted by molar-refractivity contribution is 9.11. The van der Waals surface area contributed by atoms with E-state index in [0.717, 1.165) is 27.8 Å². The number of fused-ring (bicyclic) bond motifs is 2. The summed E-state index contributed by atoms with van der Waals surface area (Å²) >= 11 is 7.14. The first kappa shape index (κ1) is 16.7. The number of hydrogen-bond donors (Lipinski definition) is 0. The molecular weight excluding hydrogens is 408 g/mol. The van der Waals surface area contributed by atoms with Crippen LogP contribution in [0.25, 0.3) is 0 Å². The molecule has 3 rings (SSSR count). The van der Waals surface area contributed by atoms with Crippen LogP contribution in [0.1, 0.15) is 12.8 Å². The smallest absolute Gasteiger partial charge is 0.134 e. The fourth-order valence-electron chi connectivity index (χ4n) is 4.13. The number of benzene rings is 1. The summed E-state index contributed by atoms with van der Waals surface area (Å²) in [5, 5.41) is 0. The molecule has 0 spiro atoms. The third-order valence-corrected chi connectivity index (χ3v) is 6.22. The van der Waals surface area contributed by atoms with Gasteiger partial charge in [-0.05, 0) is 68.1 Å². The second kappa shape index (κ2) is 6.80. The molecule has 2 fully saturated rings. The monoisotopic (exact) mass is 430 g/mol. The molecule has 2 unspecified atom stereocenters. The van der Waals surface area contributed by atoms with Crippen molar-refractivity contribution in [1.82, 2.24) is 9.80 Å². The molecule has 1 aromatic carbocycles. The SMILES string of the molecule is CN1CC2CC[C@@H](N(C)C)C(C1)[C@@H]2Oc1ccc(Br)cc1Br. The van der Waals surface area contributed by atoms with E-state index < -0.39 is 0 Å². The molecule has 1 heterocycles. The first-order chi connectivity index (χ1) is 10.5. The van der Waals surface area contributed by atoms with Crippen LogP contribution < -0.4 is 4.74 Å². The number of piperidine rings is 1. The van der Waals surface area contributed by atoms with Gasteiger partial charge in [-0.3, -0.25) is 0 Å². The van der Waals surface area contributed by atoms with Crippen molar-refractivity contribution in [2.24, 2.45) is 11.8 Å². The standard InChI is InChI=1S/C17H24Br2N2O/c1-20(2)15-6-4-11-9-21(3)10-13(15)17(11)22-16-7-5-12(18)8-14(16)19/h5,7-8,11,13,15,17H,4,6,9-10H2,1-3H3/t11?,13?,15-,17-/m1/s1. The zero-order chi connectivity index (χ0) is 15.9. The molecule has 1 saturated heterocycles. The molecule has 3 nitrogen and oxygen atoms in total. The molecule has 1 saturated carbocycles. The Morgan fingerprint density at radius 2 is 1.95 bits per heavy atom. The van der Waals surface area contributed by atoms with Crippen LogP contribution in [0.4, 0.5) is 0 Å². The van der Waals surface area contributed by atoms with E-state index in [1.165, 1.54) is 12.8 Å². The van der Waals surface area contributed by atoms with Gasteiger partial charge in [0, 0.05) is 35.4 Å². The molecule has 0 N–H and O–H groups in total. The second-order valence-electron chi connectivity index (χ2n) is 6.91. The Labute approximate surface area is 150 Å². The number of hydrogen-bond acceptors (Lipinski definition) is 3. The summed E-state index contributed by atoms with van der Waals surface area (Å²) < 4.78 is 8.61. The van der Waals surface area contributed by atoms with Gasteiger partial charge in [0.1, 0.15) is 11.9 Å². The van der Waals surface area contributed by atoms with Crippen molar-refractivity contribution in [2.75, 3.05) is 34.2 Å². The van der Waals surface area contributed by atoms with Gasteiger partial charge >= 0.3 is 0 Å². The van der Waals surface area contributed by atoms with Crippen molar-refractivity contribution in [2.45, 2.75) is 25.0 Å². The maximum atomic E-state index is 6.52. The first-order valence-electron chi connectivity index (χ1n) is 7.92. The minimum absolute atomic E-state index is 0.315. The van der Waals surface area contributed by atoms with E-state index >= 15 is 0 Å². The summed E-state index contributed by atoms with van der Waals surface area (Å²) in [6.45, 7) is 2.27. The lowest BCUT2D eigenvalue weighted by Gasteiger charge is -2.51. The Kier molecular flexibility index (Phi) is 5.17. The zero-order valence-corrected chi connectivity index (χ0v) is 16.6. The van der Waals surface area contributed by atoms with Crippen LogP contribution >= 0.6 is 31.9 Å². The van der Waals surface area contributed by atoms with Gasteiger partial charge in [0.15, 0.2) is 0 Å². The lowest BCUT2D eigenvalue weighted by atomic mass is 9.72. The molecule has 0 radical (unpaired) electrons. The summed E-state index contributed by atoms with van der Waals surface area (Å²) in [5.74, 6) is 2.17. The third kappa shape index (κ3) is 3.37. The molecular formula is C17H24Br2N2O. The Balaban J connectivity index is 1.84. The summed E-state index contributed by atoms with van der Waals surface area (Å²) in [6.07, 6.45) is 2.86.